The zero-order chi connectivity index (χ0) is 17.0. The number of fused-ring (bicyclic) bond motifs is 1. The summed E-state index contributed by atoms with van der Waals surface area (Å²) in [7, 11) is 1.30. The predicted molar refractivity (Wildman–Crippen MR) is 84.0 cm³/mol. The Kier molecular flexibility index (Phi) is 6.63. The molecule has 0 spiro atoms. The third kappa shape index (κ3) is 4.34. The van der Waals surface area contributed by atoms with E-state index in [1.165, 1.54) is 24.6 Å². The van der Waals surface area contributed by atoms with Crippen LogP contribution in [-0.2, 0) is 19.0 Å². The largest absolute Gasteiger partial charge is 0.469 e. The number of esters is 1. The van der Waals surface area contributed by atoms with Gasteiger partial charge in [-0.05, 0) is 12.8 Å². The van der Waals surface area contributed by atoms with Crippen molar-refractivity contribution in [1.29, 1.82) is 0 Å². The summed E-state index contributed by atoms with van der Waals surface area (Å²) in [5, 5.41) is 31.8. The molecule has 0 bridgehead atoms. The van der Waals surface area contributed by atoms with Crippen LogP contribution in [0.25, 0.3) is 0 Å². The number of ether oxygens (including phenoxy) is 3. The molecule has 0 aromatic carbocycles. The Morgan fingerprint density at radius 3 is 2.74 bits per heavy atom. The summed E-state index contributed by atoms with van der Waals surface area (Å²) in [4.78, 5) is 11.3. The summed E-state index contributed by atoms with van der Waals surface area (Å²) in [5.74, 6) is -0.390. The van der Waals surface area contributed by atoms with Gasteiger partial charge in [0.05, 0.1) is 25.7 Å². The lowest BCUT2D eigenvalue weighted by atomic mass is 9.87. The zero-order valence-corrected chi connectivity index (χ0v) is 13.6. The van der Waals surface area contributed by atoms with Gasteiger partial charge in [-0.2, -0.15) is 0 Å². The zero-order valence-electron chi connectivity index (χ0n) is 12.8. The maximum Gasteiger partial charge on any atom is 0.308 e. The molecular formula is C15H22O7S. The lowest BCUT2D eigenvalue weighted by Gasteiger charge is -2.47. The molecular weight excluding hydrogens is 324 g/mol. The normalized spacial score (nSPS) is 38.8. The van der Waals surface area contributed by atoms with Crippen molar-refractivity contribution in [3.8, 4) is 0 Å². The molecule has 130 valence electrons. The third-order valence-electron chi connectivity index (χ3n) is 4.19. The van der Waals surface area contributed by atoms with E-state index in [1.807, 2.05) is 0 Å². The Morgan fingerprint density at radius 2 is 2.09 bits per heavy atom. The van der Waals surface area contributed by atoms with Gasteiger partial charge in [-0.15, -0.1) is 0 Å². The molecule has 3 N–H and O–H groups in total. The molecule has 2 unspecified atom stereocenters. The number of carbonyl (C=O) groups is 1. The number of methoxy groups -OCH3 is 1. The summed E-state index contributed by atoms with van der Waals surface area (Å²) in [6.07, 6.45) is -2.08. The average molecular weight is 346 g/mol. The molecule has 0 amide bonds. The second-order valence-corrected chi connectivity index (χ2v) is 5.98. The molecule has 2 rings (SSSR count). The number of rotatable bonds is 5. The second kappa shape index (κ2) is 8.27. The van der Waals surface area contributed by atoms with Crippen LogP contribution in [0.4, 0.5) is 0 Å². The number of aliphatic hydroxyl groups is 3. The van der Waals surface area contributed by atoms with E-state index < -0.39 is 36.6 Å². The summed E-state index contributed by atoms with van der Waals surface area (Å²) < 4.78 is 16.0. The van der Waals surface area contributed by atoms with E-state index in [0.29, 0.717) is 12.8 Å². The molecule has 2 fully saturated rings. The fraction of sp³-hybridized carbons (Fsp3) is 0.733. The van der Waals surface area contributed by atoms with E-state index >= 15 is 0 Å². The lowest BCUT2D eigenvalue weighted by Crippen LogP contribution is -2.63. The van der Waals surface area contributed by atoms with Crippen LogP contribution in [0.15, 0.2) is 12.2 Å². The lowest BCUT2D eigenvalue weighted by molar-refractivity contribution is -0.274. The van der Waals surface area contributed by atoms with Gasteiger partial charge < -0.3 is 29.5 Å². The SMILES string of the molecule is COC(=O)CC1CC[C@@H]2O[C@@H]([C@@H](O)/C=C/C=S)[C@@H](O)C(O)[C@H]2O1. The van der Waals surface area contributed by atoms with Gasteiger partial charge in [-0.3, -0.25) is 4.79 Å². The van der Waals surface area contributed by atoms with Crippen molar-refractivity contribution < 1.29 is 34.3 Å². The Balaban J connectivity index is 2.02. The van der Waals surface area contributed by atoms with Crippen molar-refractivity contribution in [2.45, 2.75) is 62.0 Å². The van der Waals surface area contributed by atoms with Gasteiger partial charge in [0.15, 0.2) is 0 Å². The fourth-order valence-corrected chi connectivity index (χ4v) is 3.07. The van der Waals surface area contributed by atoms with Crippen molar-refractivity contribution in [3.63, 3.8) is 0 Å². The van der Waals surface area contributed by atoms with Crippen LogP contribution in [0, 0.1) is 0 Å². The number of hydrogen-bond donors (Lipinski definition) is 3. The Labute approximate surface area is 139 Å². The van der Waals surface area contributed by atoms with Crippen molar-refractivity contribution in [2.24, 2.45) is 0 Å². The molecule has 0 saturated carbocycles. The van der Waals surface area contributed by atoms with E-state index in [2.05, 4.69) is 17.0 Å². The maximum absolute atomic E-state index is 11.3. The Hall–Kier alpha value is -0.900. The van der Waals surface area contributed by atoms with Crippen molar-refractivity contribution in [2.75, 3.05) is 7.11 Å². The van der Waals surface area contributed by atoms with Gasteiger partial charge in [0.25, 0.3) is 0 Å². The molecule has 2 heterocycles. The van der Waals surface area contributed by atoms with E-state index in [9.17, 15) is 20.1 Å². The molecule has 23 heavy (non-hydrogen) atoms. The molecule has 2 aliphatic heterocycles. The third-order valence-corrected chi connectivity index (χ3v) is 4.35. The second-order valence-electron chi connectivity index (χ2n) is 5.71. The van der Waals surface area contributed by atoms with Gasteiger partial charge in [-0.1, -0.05) is 24.4 Å². The molecule has 7 atom stereocenters. The number of thiocarbonyl (C=S) groups is 1. The van der Waals surface area contributed by atoms with Crippen molar-refractivity contribution in [1.82, 2.24) is 0 Å². The van der Waals surface area contributed by atoms with Crippen molar-refractivity contribution in [3.05, 3.63) is 12.2 Å². The summed E-state index contributed by atoms with van der Waals surface area (Å²) in [6, 6.07) is 0. The smallest absolute Gasteiger partial charge is 0.308 e. The van der Waals surface area contributed by atoms with Crippen LogP contribution in [0.3, 0.4) is 0 Å². The average Bonchev–Trinajstić information content (AvgIpc) is 2.56. The number of hydrogen-bond acceptors (Lipinski definition) is 8. The monoisotopic (exact) mass is 346 g/mol. The van der Waals surface area contributed by atoms with E-state index in [-0.39, 0.29) is 18.5 Å². The van der Waals surface area contributed by atoms with Crippen LogP contribution in [0.5, 0.6) is 0 Å². The molecule has 0 radical (unpaired) electrons. The number of carbonyl (C=O) groups excluding carboxylic acids is 1. The molecule has 2 saturated heterocycles. The standard InChI is InChI=1S/C15H22O7S/c1-20-11(17)7-8-4-5-10-15(21-8)13(19)12(18)14(22-10)9(16)3-2-6-23/h2-3,6,8-10,12-16,18-19H,4-5,7H2,1H3/b3-2+/t8?,9-,10-,12-,13?,14-,15-/m0/s1. The molecule has 2 aliphatic rings. The molecule has 8 heteroatoms. The minimum absolute atomic E-state index is 0.0893. The first-order valence-electron chi connectivity index (χ1n) is 7.51. The highest BCUT2D eigenvalue weighted by molar-refractivity contribution is 7.79. The highest BCUT2D eigenvalue weighted by Crippen LogP contribution is 2.34. The van der Waals surface area contributed by atoms with Crippen LogP contribution >= 0.6 is 12.2 Å². The molecule has 7 nitrogen and oxygen atoms in total. The molecule has 0 aromatic heterocycles. The van der Waals surface area contributed by atoms with Gasteiger partial charge in [0.1, 0.15) is 30.5 Å². The van der Waals surface area contributed by atoms with E-state index in [4.69, 9.17) is 9.47 Å². The predicted octanol–water partition coefficient (Wildman–Crippen LogP) is -0.497. The minimum atomic E-state index is -1.31. The maximum atomic E-state index is 11.3. The Morgan fingerprint density at radius 1 is 1.35 bits per heavy atom. The van der Waals surface area contributed by atoms with Gasteiger partial charge in [-0.25, -0.2) is 0 Å². The summed E-state index contributed by atoms with van der Waals surface area (Å²) in [6.45, 7) is 0. The van der Waals surface area contributed by atoms with Crippen molar-refractivity contribution >= 4 is 23.6 Å². The quantitative estimate of drug-likeness (QED) is 0.348. The first-order chi connectivity index (χ1) is 11.0. The summed E-state index contributed by atoms with van der Waals surface area (Å²) in [5.41, 5.74) is 0. The topological polar surface area (TPSA) is 105 Å². The Bertz CT molecular complexity index is 453. The van der Waals surface area contributed by atoms with Crippen LogP contribution in [-0.4, -0.2) is 76.5 Å². The first kappa shape index (κ1) is 18.4. The van der Waals surface area contributed by atoms with Crippen LogP contribution in [0.1, 0.15) is 19.3 Å². The van der Waals surface area contributed by atoms with Gasteiger partial charge in [0, 0.05) is 5.37 Å². The van der Waals surface area contributed by atoms with E-state index in [1.54, 1.807) is 0 Å². The van der Waals surface area contributed by atoms with E-state index in [0.717, 1.165) is 0 Å². The highest BCUT2D eigenvalue weighted by atomic mass is 32.1. The number of allylic oxidation sites excluding steroid dienone is 1. The van der Waals surface area contributed by atoms with Crippen LogP contribution in [0.2, 0.25) is 0 Å². The van der Waals surface area contributed by atoms with Gasteiger partial charge in [0.2, 0.25) is 0 Å². The highest BCUT2D eigenvalue weighted by Gasteiger charge is 2.49. The molecule has 0 aromatic rings. The van der Waals surface area contributed by atoms with Crippen LogP contribution < -0.4 is 0 Å². The first-order valence-corrected chi connectivity index (χ1v) is 7.99. The van der Waals surface area contributed by atoms with Gasteiger partial charge >= 0.3 is 5.97 Å². The minimum Gasteiger partial charge on any atom is -0.469 e. The molecule has 0 aliphatic carbocycles. The summed E-state index contributed by atoms with van der Waals surface area (Å²) >= 11 is 4.64. The fourth-order valence-electron chi connectivity index (χ4n) is 2.98. The number of aliphatic hydroxyl groups excluding tert-OH is 3.